The Morgan fingerprint density at radius 3 is 2.61 bits per heavy atom. The third kappa shape index (κ3) is 4.03. The summed E-state index contributed by atoms with van der Waals surface area (Å²) in [6.07, 6.45) is 1.70. The van der Waals surface area contributed by atoms with E-state index in [1.807, 2.05) is 36.4 Å². The molecule has 8 heteroatoms. The van der Waals surface area contributed by atoms with Gasteiger partial charge in [-0.05, 0) is 54.5 Å². The van der Waals surface area contributed by atoms with E-state index in [2.05, 4.69) is 4.99 Å². The van der Waals surface area contributed by atoms with Crippen molar-refractivity contribution in [2.45, 2.75) is 19.9 Å². The number of carbonyl (C=O) groups is 1. The van der Waals surface area contributed by atoms with Gasteiger partial charge < -0.3 is 9.47 Å². The second-order valence-electron chi connectivity index (χ2n) is 8.26. The molecule has 4 aromatic rings. The van der Waals surface area contributed by atoms with Crippen LogP contribution in [0.2, 0.25) is 0 Å². The van der Waals surface area contributed by atoms with E-state index >= 15 is 0 Å². The fraction of sp³-hybridized carbons (Fsp3) is 0.179. The molecule has 0 amide bonds. The highest BCUT2D eigenvalue weighted by Gasteiger charge is 2.36. The molecule has 0 saturated heterocycles. The van der Waals surface area contributed by atoms with Crippen molar-refractivity contribution in [1.29, 1.82) is 0 Å². The molecule has 0 unspecified atom stereocenters. The Bertz CT molecular complexity index is 1700. The summed E-state index contributed by atoms with van der Waals surface area (Å²) >= 11 is 1.22. The largest absolute Gasteiger partial charge is 0.496 e. The number of carbonyl (C=O) groups excluding carboxylic acids is 1. The maximum absolute atomic E-state index is 13.8. The standard InChI is InChI=1S/C28H23FN2O4S/c1-4-35-27(33)23-16(2)30-28-31(26(32)22(36-28)15-17-9-12-19(29)13-10-17)25(23)24-20-8-6-5-7-18(20)11-14-21(24)34-3/h5-15,25H,4H2,1-3H3/b22-15+/t25-/m0/s1. The van der Waals surface area contributed by atoms with Gasteiger partial charge in [-0.2, -0.15) is 0 Å². The first-order valence-electron chi connectivity index (χ1n) is 11.4. The third-order valence-electron chi connectivity index (χ3n) is 6.11. The molecular formula is C28H23FN2O4S. The van der Waals surface area contributed by atoms with E-state index in [1.54, 1.807) is 39.2 Å². The first kappa shape index (κ1) is 23.7. The first-order chi connectivity index (χ1) is 17.4. The van der Waals surface area contributed by atoms with Crippen molar-refractivity contribution >= 4 is 34.2 Å². The van der Waals surface area contributed by atoms with Gasteiger partial charge in [0, 0.05) is 5.56 Å². The molecule has 1 aliphatic heterocycles. The molecule has 0 saturated carbocycles. The fourth-order valence-corrected chi connectivity index (χ4v) is 5.56. The molecule has 182 valence electrons. The van der Waals surface area contributed by atoms with Crippen LogP contribution in [-0.4, -0.2) is 24.3 Å². The van der Waals surface area contributed by atoms with Crippen LogP contribution in [0.5, 0.6) is 5.75 Å². The minimum Gasteiger partial charge on any atom is -0.496 e. The van der Waals surface area contributed by atoms with Crippen LogP contribution in [-0.2, 0) is 9.53 Å². The Kier molecular flexibility index (Phi) is 6.28. The van der Waals surface area contributed by atoms with Gasteiger partial charge in [-0.15, -0.1) is 0 Å². The average Bonchev–Trinajstić information content (AvgIpc) is 3.18. The number of aromatic nitrogens is 1. The van der Waals surface area contributed by atoms with Gasteiger partial charge in [0.1, 0.15) is 17.6 Å². The summed E-state index contributed by atoms with van der Waals surface area (Å²) in [5.74, 6) is -0.346. The van der Waals surface area contributed by atoms with E-state index in [0.29, 0.717) is 31.9 Å². The van der Waals surface area contributed by atoms with E-state index < -0.39 is 12.0 Å². The maximum atomic E-state index is 13.8. The number of methoxy groups -OCH3 is 1. The summed E-state index contributed by atoms with van der Waals surface area (Å²) < 4.78 is 26.5. The number of rotatable bonds is 5. The monoisotopic (exact) mass is 502 g/mol. The average molecular weight is 503 g/mol. The number of thiazole rings is 1. The molecule has 5 rings (SSSR count). The number of allylic oxidation sites excluding steroid dienone is 1. The zero-order valence-corrected chi connectivity index (χ0v) is 20.8. The number of esters is 1. The Morgan fingerprint density at radius 1 is 1.14 bits per heavy atom. The Balaban J connectivity index is 1.84. The third-order valence-corrected chi connectivity index (χ3v) is 7.09. The number of nitrogens with zero attached hydrogens (tertiary/aromatic N) is 2. The lowest BCUT2D eigenvalue weighted by molar-refractivity contribution is -0.139. The number of benzene rings is 3. The molecule has 1 atom stereocenters. The van der Waals surface area contributed by atoms with Gasteiger partial charge >= 0.3 is 5.97 Å². The van der Waals surface area contributed by atoms with Gasteiger partial charge in [0.15, 0.2) is 4.80 Å². The van der Waals surface area contributed by atoms with Crippen LogP contribution < -0.4 is 19.6 Å². The molecule has 1 aromatic heterocycles. The van der Waals surface area contributed by atoms with E-state index in [-0.39, 0.29) is 23.6 Å². The van der Waals surface area contributed by atoms with Crippen molar-refractivity contribution in [3.63, 3.8) is 0 Å². The Morgan fingerprint density at radius 2 is 1.89 bits per heavy atom. The van der Waals surface area contributed by atoms with Crippen molar-refractivity contribution in [3.05, 3.63) is 109 Å². The number of fused-ring (bicyclic) bond motifs is 2. The highest BCUT2D eigenvalue weighted by molar-refractivity contribution is 7.07. The van der Waals surface area contributed by atoms with Crippen molar-refractivity contribution in [2.24, 2.45) is 4.99 Å². The lowest BCUT2D eigenvalue weighted by atomic mass is 9.90. The van der Waals surface area contributed by atoms with Gasteiger partial charge in [0.25, 0.3) is 5.56 Å². The lowest BCUT2D eigenvalue weighted by Gasteiger charge is -2.27. The SMILES string of the molecule is CCOC(=O)C1=C(C)N=c2s/c(=C/c3ccc(F)cc3)c(=O)n2[C@@H]1c1c(OC)ccc2ccccc12. The second kappa shape index (κ2) is 9.54. The summed E-state index contributed by atoms with van der Waals surface area (Å²) in [7, 11) is 1.56. The van der Waals surface area contributed by atoms with Crippen LogP contribution in [0.15, 0.2) is 81.7 Å². The molecule has 1 aliphatic rings. The second-order valence-corrected chi connectivity index (χ2v) is 9.27. The molecule has 2 heterocycles. The molecule has 0 N–H and O–H groups in total. The van der Waals surface area contributed by atoms with E-state index in [9.17, 15) is 14.0 Å². The van der Waals surface area contributed by atoms with E-state index in [1.165, 1.54) is 28.0 Å². The number of hydrogen-bond acceptors (Lipinski definition) is 6. The topological polar surface area (TPSA) is 69.9 Å². The van der Waals surface area contributed by atoms with Crippen LogP contribution in [0.25, 0.3) is 16.8 Å². The minimum atomic E-state index is -0.809. The predicted octanol–water partition coefficient (Wildman–Crippen LogP) is 4.10. The number of halogens is 1. The van der Waals surface area contributed by atoms with Gasteiger partial charge in [-0.25, -0.2) is 14.2 Å². The van der Waals surface area contributed by atoms with Gasteiger partial charge in [0.2, 0.25) is 0 Å². The quantitative estimate of drug-likeness (QED) is 0.386. The fourth-order valence-electron chi connectivity index (χ4n) is 4.51. The molecular weight excluding hydrogens is 479 g/mol. The normalized spacial score (nSPS) is 15.6. The van der Waals surface area contributed by atoms with Crippen LogP contribution in [0, 0.1) is 5.82 Å². The number of ether oxygens (including phenoxy) is 2. The highest BCUT2D eigenvalue weighted by atomic mass is 32.1. The Labute approximate surface area is 210 Å². The van der Waals surface area contributed by atoms with Crippen LogP contribution in [0.1, 0.15) is 31.0 Å². The number of hydrogen-bond donors (Lipinski definition) is 0. The van der Waals surface area contributed by atoms with Gasteiger partial charge in [0.05, 0.1) is 29.5 Å². The summed E-state index contributed by atoms with van der Waals surface area (Å²) in [4.78, 5) is 32.1. The van der Waals surface area contributed by atoms with Crippen LogP contribution in [0.4, 0.5) is 4.39 Å². The van der Waals surface area contributed by atoms with Crippen molar-refractivity contribution < 1.29 is 18.7 Å². The van der Waals surface area contributed by atoms with E-state index in [0.717, 1.165) is 10.8 Å². The van der Waals surface area contributed by atoms with E-state index in [4.69, 9.17) is 9.47 Å². The molecule has 0 spiro atoms. The van der Waals surface area contributed by atoms with Gasteiger partial charge in [-0.1, -0.05) is 53.8 Å². The van der Waals surface area contributed by atoms with Crippen LogP contribution in [0.3, 0.4) is 0 Å². The summed E-state index contributed by atoms with van der Waals surface area (Å²) in [6, 6.07) is 16.6. The zero-order chi connectivity index (χ0) is 25.4. The van der Waals surface area contributed by atoms with Crippen LogP contribution >= 0.6 is 11.3 Å². The molecule has 0 aliphatic carbocycles. The summed E-state index contributed by atoms with van der Waals surface area (Å²) in [5, 5.41) is 1.80. The lowest BCUT2D eigenvalue weighted by Crippen LogP contribution is -2.40. The highest BCUT2D eigenvalue weighted by Crippen LogP contribution is 2.40. The molecule has 0 fully saturated rings. The maximum Gasteiger partial charge on any atom is 0.338 e. The molecule has 6 nitrogen and oxygen atoms in total. The minimum absolute atomic E-state index is 0.185. The summed E-state index contributed by atoms with van der Waals surface area (Å²) in [6.45, 7) is 3.66. The molecule has 36 heavy (non-hydrogen) atoms. The van der Waals surface area contributed by atoms with Crippen molar-refractivity contribution in [2.75, 3.05) is 13.7 Å². The molecule has 3 aromatic carbocycles. The zero-order valence-electron chi connectivity index (χ0n) is 19.9. The predicted molar refractivity (Wildman–Crippen MR) is 137 cm³/mol. The van der Waals surface area contributed by atoms with Crippen molar-refractivity contribution in [1.82, 2.24) is 4.57 Å². The summed E-state index contributed by atoms with van der Waals surface area (Å²) in [5.41, 5.74) is 1.82. The Hall–Kier alpha value is -4.04. The molecule has 0 radical (unpaired) electrons. The molecule has 0 bridgehead atoms. The van der Waals surface area contributed by atoms with Crippen molar-refractivity contribution in [3.8, 4) is 5.75 Å². The first-order valence-corrected chi connectivity index (χ1v) is 12.3. The van der Waals surface area contributed by atoms with Gasteiger partial charge in [-0.3, -0.25) is 9.36 Å². The smallest absolute Gasteiger partial charge is 0.338 e.